The minimum absolute atomic E-state index is 0.0862. The Bertz CT molecular complexity index is 1740. The second kappa shape index (κ2) is 8.80. The van der Waals surface area contributed by atoms with E-state index >= 15 is 0 Å². The Hall–Kier alpha value is -4.17. The highest BCUT2D eigenvalue weighted by atomic mass is 35.5. The van der Waals surface area contributed by atoms with Gasteiger partial charge in [-0.25, -0.2) is 9.78 Å². The quantitative estimate of drug-likeness (QED) is 0.288. The Kier molecular flexibility index (Phi) is 5.76. The van der Waals surface area contributed by atoms with Gasteiger partial charge in [0.05, 0.1) is 28.3 Å². The van der Waals surface area contributed by atoms with Crippen LogP contribution in [0.1, 0.15) is 40.3 Å². The third-order valence-electron chi connectivity index (χ3n) is 6.22. The number of nitrogens with zero attached hydrogens (tertiary/aromatic N) is 3. The standard InChI is InChI=1S/C27H23ClN4O4/c1-13-9-18(14(2)29-20-6-8-24(28)30-25(20)27(34)35)26-19(10-13)22(33)12-23(36-26)16-5-7-21-17(11-16)15(3)31-32(21)4/h5-12,14,29H,1-4H3,(H,34,35). The molecule has 0 amide bonds. The first kappa shape index (κ1) is 23.6. The molecule has 1 atom stereocenters. The number of carbonyl (C=O) groups is 1. The maximum Gasteiger partial charge on any atom is 0.356 e. The molecule has 0 radical (unpaired) electrons. The molecule has 9 heteroatoms. The largest absolute Gasteiger partial charge is 0.476 e. The summed E-state index contributed by atoms with van der Waals surface area (Å²) in [6, 6.07) is 13.7. The molecule has 36 heavy (non-hydrogen) atoms. The van der Waals surface area contributed by atoms with Crippen molar-refractivity contribution in [3.63, 3.8) is 0 Å². The van der Waals surface area contributed by atoms with Gasteiger partial charge < -0.3 is 14.8 Å². The third kappa shape index (κ3) is 4.09. The molecule has 0 aliphatic rings. The molecule has 0 aliphatic heterocycles. The number of carboxylic acids is 1. The molecular formula is C27H23ClN4O4. The van der Waals surface area contributed by atoms with Crippen molar-refractivity contribution in [2.45, 2.75) is 26.8 Å². The fraction of sp³-hybridized carbons (Fsp3) is 0.185. The average molecular weight is 503 g/mol. The number of nitrogens with one attached hydrogen (secondary N) is 1. The molecule has 8 nitrogen and oxygen atoms in total. The van der Waals surface area contributed by atoms with Crippen molar-refractivity contribution in [2.75, 3.05) is 5.32 Å². The molecule has 2 aromatic carbocycles. The summed E-state index contributed by atoms with van der Waals surface area (Å²) in [4.78, 5) is 28.8. The lowest BCUT2D eigenvalue weighted by molar-refractivity contribution is 0.0691. The van der Waals surface area contributed by atoms with Crippen molar-refractivity contribution in [1.29, 1.82) is 0 Å². The smallest absolute Gasteiger partial charge is 0.356 e. The number of aromatic carboxylic acids is 1. The fourth-order valence-corrected chi connectivity index (χ4v) is 4.67. The monoisotopic (exact) mass is 502 g/mol. The van der Waals surface area contributed by atoms with Gasteiger partial charge in [0.1, 0.15) is 16.5 Å². The van der Waals surface area contributed by atoms with Crippen LogP contribution < -0.4 is 10.7 Å². The van der Waals surface area contributed by atoms with Crippen LogP contribution in [0, 0.1) is 13.8 Å². The van der Waals surface area contributed by atoms with E-state index in [0.717, 1.165) is 27.7 Å². The van der Waals surface area contributed by atoms with E-state index in [9.17, 15) is 14.7 Å². The molecule has 2 N–H and O–H groups in total. The molecule has 5 aromatic rings. The van der Waals surface area contributed by atoms with Gasteiger partial charge in [-0.3, -0.25) is 9.48 Å². The Morgan fingerprint density at radius 2 is 1.89 bits per heavy atom. The van der Waals surface area contributed by atoms with Crippen LogP contribution in [0.3, 0.4) is 0 Å². The normalized spacial score (nSPS) is 12.2. The summed E-state index contributed by atoms with van der Waals surface area (Å²) in [7, 11) is 1.89. The summed E-state index contributed by atoms with van der Waals surface area (Å²) in [6.45, 7) is 5.70. The molecule has 0 saturated heterocycles. The van der Waals surface area contributed by atoms with Crippen LogP contribution in [0.5, 0.6) is 0 Å². The molecule has 0 bridgehead atoms. The Balaban J connectivity index is 1.64. The lowest BCUT2D eigenvalue weighted by Crippen LogP contribution is -2.13. The summed E-state index contributed by atoms with van der Waals surface area (Å²) >= 11 is 5.90. The van der Waals surface area contributed by atoms with Gasteiger partial charge >= 0.3 is 5.97 Å². The van der Waals surface area contributed by atoms with E-state index in [2.05, 4.69) is 15.4 Å². The van der Waals surface area contributed by atoms with Gasteiger partial charge in [0, 0.05) is 29.6 Å². The van der Waals surface area contributed by atoms with Crippen LogP contribution >= 0.6 is 11.6 Å². The van der Waals surface area contributed by atoms with Gasteiger partial charge in [0.2, 0.25) is 0 Å². The van der Waals surface area contributed by atoms with E-state index in [0.29, 0.717) is 28.0 Å². The predicted octanol–water partition coefficient (Wildman–Crippen LogP) is 5.88. The van der Waals surface area contributed by atoms with E-state index in [1.54, 1.807) is 12.1 Å². The van der Waals surface area contributed by atoms with Gasteiger partial charge in [-0.15, -0.1) is 0 Å². The van der Waals surface area contributed by atoms with Gasteiger partial charge in [-0.05, 0) is 62.7 Å². The predicted molar refractivity (Wildman–Crippen MR) is 140 cm³/mol. The molecule has 1 unspecified atom stereocenters. The maximum atomic E-state index is 13.2. The molecule has 0 spiro atoms. The van der Waals surface area contributed by atoms with Gasteiger partial charge in [0.25, 0.3) is 0 Å². The minimum Gasteiger partial charge on any atom is -0.476 e. The zero-order valence-electron chi connectivity index (χ0n) is 20.1. The number of hydrogen-bond acceptors (Lipinski definition) is 6. The van der Waals surface area contributed by atoms with Gasteiger partial charge in [-0.1, -0.05) is 17.7 Å². The maximum absolute atomic E-state index is 13.2. The van der Waals surface area contributed by atoms with Crippen LogP contribution in [0.2, 0.25) is 5.15 Å². The molecule has 3 aromatic heterocycles. The second-order valence-electron chi connectivity index (χ2n) is 8.85. The molecule has 0 aliphatic carbocycles. The van der Waals surface area contributed by atoms with E-state index in [1.807, 2.05) is 56.8 Å². The number of halogens is 1. The average Bonchev–Trinajstić information content (AvgIpc) is 3.12. The summed E-state index contributed by atoms with van der Waals surface area (Å²) in [5.74, 6) is -0.759. The van der Waals surface area contributed by atoms with Crippen LogP contribution in [0.15, 0.2) is 57.7 Å². The first-order valence-electron chi connectivity index (χ1n) is 11.3. The van der Waals surface area contributed by atoms with Gasteiger partial charge in [-0.2, -0.15) is 5.10 Å². The van der Waals surface area contributed by atoms with E-state index in [-0.39, 0.29) is 16.3 Å². The highest BCUT2D eigenvalue weighted by molar-refractivity contribution is 6.29. The summed E-state index contributed by atoms with van der Waals surface area (Å²) < 4.78 is 8.16. The zero-order valence-corrected chi connectivity index (χ0v) is 20.8. The number of hydrogen-bond donors (Lipinski definition) is 2. The van der Waals surface area contributed by atoms with Gasteiger partial charge in [0.15, 0.2) is 11.1 Å². The first-order chi connectivity index (χ1) is 17.1. The number of aromatic nitrogens is 3. The number of carboxylic acid groups (broad SMARTS) is 1. The van der Waals surface area contributed by atoms with Crippen molar-refractivity contribution in [2.24, 2.45) is 7.05 Å². The highest BCUT2D eigenvalue weighted by Crippen LogP contribution is 2.32. The van der Waals surface area contributed by atoms with E-state index in [4.69, 9.17) is 16.0 Å². The van der Waals surface area contributed by atoms with Crippen molar-refractivity contribution in [3.05, 3.63) is 86.4 Å². The Labute approximate surface area is 211 Å². The summed E-state index contributed by atoms with van der Waals surface area (Å²) in [5.41, 5.74) is 4.63. The van der Waals surface area contributed by atoms with Crippen LogP contribution in [0.4, 0.5) is 5.69 Å². The summed E-state index contributed by atoms with van der Waals surface area (Å²) in [6.07, 6.45) is 0. The lowest BCUT2D eigenvalue weighted by atomic mass is 10.00. The lowest BCUT2D eigenvalue weighted by Gasteiger charge is -2.19. The number of aryl methyl sites for hydroxylation is 3. The number of anilines is 1. The van der Waals surface area contributed by atoms with Crippen molar-refractivity contribution in [3.8, 4) is 11.3 Å². The number of fused-ring (bicyclic) bond motifs is 2. The van der Waals surface area contributed by atoms with E-state index in [1.165, 1.54) is 12.1 Å². The highest BCUT2D eigenvalue weighted by Gasteiger charge is 2.20. The minimum atomic E-state index is -1.20. The van der Waals surface area contributed by atoms with Crippen molar-refractivity contribution in [1.82, 2.24) is 14.8 Å². The first-order valence-corrected chi connectivity index (χ1v) is 11.7. The van der Waals surface area contributed by atoms with Crippen molar-refractivity contribution >= 4 is 45.1 Å². The molecule has 5 rings (SSSR count). The van der Waals surface area contributed by atoms with E-state index < -0.39 is 12.0 Å². The molecular weight excluding hydrogens is 480 g/mol. The van der Waals surface area contributed by atoms with Crippen molar-refractivity contribution < 1.29 is 14.3 Å². The third-order valence-corrected chi connectivity index (χ3v) is 6.43. The van der Waals surface area contributed by atoms with Crippen LogP contribution in [-0.4, -0.2) is 25.8 Å². The molecule has 3 heterocycles. The Morgan fingerprint density at radius 3 is 2.64 bits per heavy atom. The fourth-order valence-electron chi connectivity index (χ4n) is 4.52. The number of pyridine rings is 1. The molecule has 0 saturated carbocycles. The molecule has 182 valence electrons. The zero-order chi connectivity index (χ0) is 25.7. The number of benzene rings is 2. The topological polar surface area (TPSA) is 110 Å². The SMILES string of the molecule is Cc1cc(C(C)Nc2ccc(Cl)nc2C(=O)O)c2oc(-c3ccc4c(c3)c(C)nn4C)cc(=O)c2c1. The van der Waals surface area contributed by atoms with Crippen LogP contribution in [0.25, 0.3) is 33.2 Å². The summed E-state index contributed by atoms with van der Waals surface area (Å²) in [5, 5.41) is 18.7. The number of rotatable bonds is 5. The molecule has 0 fully saturated rings. The second-order valence-corrected chi connectivity index (χ2v) is 9.24. The Morgan fingerprint density at radius 1 is 1.11 bits per heavy atom. The van der Waals surface area contributed by atoms with Crippen LogP contribution in [-0.2, 0) is 7.05 Å².